The van der Waals surface area contributed by atoms with Crippen molar-refractivity contribution in [2.24, 2.45) is 10.2 Å². The third kappa shape index (κ3) is 4.13. The van der Waals surface area contributed by atoms with E-state index in [0.29, 0.717) is 23.9 Å². The Bertz CT molecular complexity index is 948. The lowest BCUT2D eigenvalue weighted by Gasteiger charge is -2.03. The first-order chi connectivity index (χ1) is 12.6. The molecule has 0 aliphatic heterocycles. The van der Waals surface area contributed by atoms with Gasteiger partial charge in [0.15, 0.2) is 5.69 Å². The van der Waals surface area contributed by atoms with E-state index in [0.717, 1.165) is 5.52 Å². The molecule has 1 heterocycles. The summed E-state index contributed by atoms with van der Waals surface area (Å²) in [6, 6.07) is 16.1. The summed E-state index contributed by atoms with van der Waals surface area (Å²) >= 11 is 0. The van der Waals surface area contributed by atoms with E-state index in [-0.39, 0.29) is 23.9 Å². The first kappa shape index (κ1) is 17.3. The quantitative estimate of drug-likeness (QED) is 0.466. The normalized spacial score (nSPS) is 11.1. The van der Waals surface area contributed by atoms with Crippen molar-refractivity contribution in [1.82, 2.24) is 10.3 Å². The van der Waals surface area contributed by atoms with E-state index in [1.165, 1.54) is 0 Å². The molecule has 0 atom stereocenters. The number of H-pyrrole nitrogens is 1. The molecule has 0 saturated heterocycles. The second-order valence-electron chi connectivity index (χ2n) is 5.69. The van der Waals surface area contributed by atoms with Crippen molar-refractivity contribution in [3.05, 3.63) is 60.2 Å². The van der Waals surface area contributed by atoms with Crippen LogP contribution in [-0.4, -0.2) is 28.4 Å². The molecule has 0 unspecified atom stereocenters. The molecule has 0 saturated carbocycles. The highest BCUT2D eigenvalue weighted by Gasteiger charge is 2.10. The molecule has 0 bridgehead atoms. The lowest BCUT2D eigenvalue weighted by Crippen LogP contribution is -2.24. The largest absolute Gasteiger partial charge is 0.493 e. The number of aromatic amines is 1. The van der Waals surface area contributed by atoms with Crippen LogP contribution in [0.25, 0.3) is 10.9 Å². The van der Waals surface area contributed by atoms with Crippen molar-refractivity contribution < 1.29 is 14.7 Å². The zero-order valence-electron chi connectivity index (χ0n) is 14.0. The number of aromatic nitrogens is 1. The average Bonchev–Trinajstić information content (AvgIpc) is 2.99. The fourth-order valence-corrected chi connectivity index (χ4v) is 2.50. The van der Waals surface area contributed by atoms with Gasteiger partial charge in [0.1, 0.15) is 0 Å². The predicted octanol–water partition coefficient (Wildman–Crippen LogP) is 3.69. The average molecular weight is 350 g/mol. The number of azo groups is 1. The van der Waals surface area contributed by atoms with Crippen molar-refractivity contribution in [2.45, 2.75) is 12.8 Å². The maximum absolute atomic E-state index is 11.9. The minimum Gasteiger partial charge on any atom is -0.493 e. The number of fused-ring (bicyclic) bond motifs is 1. The summed E-state index contributed by atoms with van der Waals surface area (Å²) in [5.41, 5.74) is 1.54. The summed E-state index contributed by atoms with van der Waals surface area (Å²) in [7, 11) is 0. The van der Waals surface area contributed by atoms with Crippen LogP contribution in [0.15, 0.2) is 64.8 Å². The number of nitrogens with zero attached hydrogens (tertiary/aromatic N) is 2. The van der Waals surface area contributed by atoms with Gasteiger partial charge in [-0.1, -0.05) is 36.4 Å². The molecule has 2 aromatic carbocycles. The van der Waals surface area contributed by atoms with E-state index < -0.39 is 5.91 Å². The van der Waals surface area contributed by atoms with Crippen molar-refractivity contribution in [1.29, 1.82) is 0 Å². The molecular weight excluding hydrogens is 332 g/mol. The Labute approximate surface area is 149 Å². The number of rotatable bonds is 6. The minimum atomic E-state index is -0.413. The Morgan fingerprint density at radius 2 is 1.77 bits per heavy atom. The van der Waals surface area contributed by atoms with Gasteiger partial charge in [-0.3, -0.25) is 9.59 Å². The van der Waals surface area contributed by atoms with Gasteiger partial charge >= 0.3 is 0 Å². The lowest BCUT2D eigenvalue weighted by atomic mass is 10.2. The van der Waals surface area contributed by atoms with Gasteiger partial charge in [-0.2, -0.15) is 0 Å². The van der Waals surface area contributed by atoms with Crippen LogP contribution in [0.3, 0.4) is 0 Å². The van der Waals surface area contributed by atoms with E-state index in [2.05, 4.69) is 20.5 Å². The molecule has 0 aliphatic rings. The van der Waals surface area contributed by atoms with Gasteiger partial charge in [0, 0.05) is 23.9 Å². The number of nitrogens with one attached hydrogen (secondary N) is 2. The standard InChI is InChI=1S/C19H18N4O3/c24-16(11-6-12-20-18(25)13-7-2-1-3-8-13)22-23-17-14-9-4-5-10-15(14)21-19(17)26/h1-5,7-10,21,26H,6,11-12H2,(H,20,25). The van der Waals surface area contributed by atoms with Gasteiger partial charge in [-0.15, -0.1) is 10.2 Å². The number of carbonyl (C=O) groups excluding carboxylic acids is 2. The van der Waals surface area contributed by atoms with Crippen LogP contribution in [-0.2, 0) is 4.79 Å². The molecular formula is C19H18N4O3. The zero-order chi connectivity index (χ0) is 18.4. The third-order valence-corrected chi connectivity index (χ3v) is 3.81. The predicted molar refractivity (Wildman–Crippen MR) is 97.5 cm³/mol. The maximum Gasteiger partial charge on any atom is 0.264 e. The number of aromatic hydroxyl groups is 1. The van der Waals surface area contributed by atoms with Gasteiger partial charge < -0.3 is 15.4 Å². The van der Waals surface area contributed by atoms with Gasteiger partial charge in [0.05, 0.1) is 5.52 Å². The molecule has 7 heteroatoms. The summed E-state index contributed by atoms with van der Waals surface area (Å²) in [5.74, 6) is -0.718. The minimum absolute atomic E-state index is 0.127. The Hall–Kier alpha value is -3.48. The Morgan fingerprint density at radius 3 is 2.58 bits per heavy atom. The summed E-state index contributed by atoms with van der Waals surface area (Å²) in [4.78, 5) is 26.5. The highest BCUT2D eigenvalue weighted by molar-refractivity contribution is 5.94. The van der Waals surface area contributed by atoms with E-state index >= 15 is 0 Å². The highest BCUT2D eigenvalue weighted by Crippen LogP contribution is 2.35. The molecule has 0 fully saturated rings. The van der Waals surface area contributed by atoms with Crippen molar-refractivity contribution in [2.75, 3.05) is 6.54 Å². The number of carbonyl (C=O) groups is 2. The van der Waals surface area contributed by atoms with E-state index in [1.807, 2.05) is 18.2 Å². The molecule has 0 spiro atoms. The highest BCUT2D eigenvalue weighted by atomic mass is 16.3. The molecule has 3 N–H and O–H groups in total. The fraction of sp³-hybridized carbons (Fsp3) is 0.158. The van der Waals surface area contributed by atoms with Gasteiger partial charge in [0.2, 0.25) is 5.88 Å². The second-order valence-corrected chi connectivity index (χ2v) is 5.69. The first-order valence-corrected chi connectivity index (χ1v) is 8.22. The summed E-state index contributed by atoms with van der Waals surface area (Å²) in [6.45, 7) is 0.368. The van der Waals surface area contributed by atoms with E-state index in [1.54, 1.807) is 36.4 Å². The molecule has 0 aliphatic carbocycles. The van der Waals surface area contributed by atoms with Gasteiger partial charge in [0.25, 0.3) is 11.8 Å². The maximum atomic E-state index is 11.9. The van der Waals surface area contributed by atoms with Crippen LogP contribution in [0.1, 0.15) is 23.2 Å². The molecule has 3 aromatic rings. The van der Waals surface area contributed by atoms with Crippen molar-refractivity contribution in [3.63, 3.8) is 0 Å². The Kier molecular flexibility index (Phi) is 5.38. The summed E-state index contributed by atoms with van der Waals surface area (Å²) in [6.07, 6.45) is 0.609. The SMILES string of the molecule is O=C(CCCNC(=O)c1ccccc1)N=Nc1c(O)[nH]c2ccccc12. The van der Waals surface area contributed by atoms with Gasteiger partial charge in [-0.25, -0.2) is 0 Å². The summed E-state index contributed by atoms with van der Waals surface area (Å²) < 4.78 is 0. The van der Waals surface area contributed by atoms with Gasteiger partial charge in [-0.05, 0) is 24.6 Å². The summed E-state index contributed by atoms with van der Waals surface area (Å²) in [5, 5.41) is 20.8. The fourth-order valence-electron chi connectivity index (χ4n) is 2.50. The van der Waals surface area contributed by atoms with Crippen LogP contribution in [0, 0.1) is 0 Å². The molecule has 0 radical (unpaired) electrons. The Morgan fingerprint density at radius 1 is 1.04 bits per heavy atom. The van der Waals surface area contributed by atoms with Crippen LogP contribution in [0.4, 0.5) is 5.69 Å². The first-order valence-electron chi connectivity index (χ1n) is 8.22. The van der Waals surface area contributed by atoms with E-state index in [4.69, 9.17) is 0 Å². The number of benzene rings is 2. The molecule has 26 heavy (non-hydrogen) atoms. The molecule has 3 rings (SSSR count). The molecule has 2 amide bonds. The topological polar surface area (TPSA) is 107 Å². The van der Waals surface area contributed by atoms with Crippen LogP contribution >= 0.6 is 0 Å². The van der Waals surface area contributed by atoms with Crippen molar-refractivity contribution >= 4 is 28.4 Å². The lowest BCUT2D eigenvalue weighted by molar-refractivity contribution is -0.118. The smallest absolute Gasteiger partial charge is 0.264 e. The molecule has 132 valence electrons. The van der Waals surface area contributed by atoms with Crippen LogP contribution in [0.2, 0.25) is 0 Å². The number of hydrogen-bond acceptors (Lipinski definition) is 4. The van der Waals surface area contributed by atoms with Crippen LogP contribution in [0.5, 0.6) is 5.88 Å². The molecule has 7 nitrogen and oxygen atoms in total. The van der Waals surface area contributed by atoms with Crippen molar-refractivity contribution in [3.8, 4) is 5.88 Å². The second kappa shape index (κ2) is 8.06. The van der Waals surface area contributed by atoms with Crippen LogP contribution < -0.4 is 5.32 Å². The Balaban J connectivity index is 1.49. The monoisotopic (exact) mass is 350 g/mol. The zero-order valence-corrected chi connectivity index (χ0v) is 14.0. The number of hydrogen-bond donors (Lipinski definition) is 3. The third-order valence-electron chi connectivity index (χ3n) is 3.81. The van der Waals surface area contributed by atoms with E-state index in [9.17, 15) is 14.7 Å². The molecule has 1 aromatic heterocycles. The number of para-hydroxylation sites is 1. The number of amides is 2.